The Morgan fingerprint density at radius 3 is 3.00 bits per heavy atom. The summed E-state index contributed by atoms with van der Waals surface area (Å²) in [4.78, 5) is 24.3. The van der Waals surface area contributed by atoms with Crippen molar-refractivity contribution in [2.45, 2.75) is 13.3 Å². The molecule has 0 aromatic heterocycles. The second-order valence-electron chi connectivity index (χ2n) is 4.11. The van der Waals surface area contributed by atoms with Crippen LogP contribution in [0.2, 0.25) is 0 Å². The summed E-state index contributed by atoms with van der Waals surface area (Å²) < 4.78 is 5.25. The van der Waals surface area contributed by atoms with E-state index in [4.69, 9.17) is 10.5 Å². The highest BCUT2D eigenvalue weighted by atomic mass is 32.2. The third kappa shape index (κ3) is 5.52. The van der Waals surface area contributed by atoms with Gasteiger partial charge in [-0.1, -0.05) is 11.8 Å². The number of likely N-dealkylation sites (tertiary alicyclic amines) is 1. The molecule has 2 N–H and O–H groups in total. The number of rotatable bonds is 7. The second kappa shape index (κ2) is 7.68. The number of nitrogens with zero attached hydrogens (tertiary/aromatic N) is 1. The first-order valence-electron chi connectivity index (χ1n) is 5.82. The van der Waals surface area contributed by atoms with Gasteiger partial charge in [-0.25, -0.2) is 0 Å². The largest absolute Gasteiger partial charge is 0.378 e. The molecule has 0 radical (unpaired) electrons. The van der Waals surface area contributed by atoms with E-state index in [2.05, 4.69) is 0 Å². The molecule has 0 aliphatic carbocycles. The topological polar surface area (TPSA) is 72.6 Å². The number of thioether (sulfide) groups is 1. The summed E-state index contributed by atoms with van der Waals surface area (Å²) in [5.74, 6) is 1.20. The molecule has 6 heteroatoms. The molecule has 1 atom stereocenters. The van der Waals surface area contributed by atoms with Gasteiger partial charge in [-0.05, 0) is 5.92 Å². The molecular formula is C11H20N2O3S. The van der Waals surface area contributed by atoms with Gasteiger partial charge in [0.1, 0.15) is 0 Å². The third-order valence-corrected chi connectivity index (χ3v) is 3.63. The van der Waals surface area contributed by atoms with E-state index in [1.54, 1.807) is 6.92 Å². The molecule has 1 saturated heterocycles. The summed E-state index contributed by atoms with van der Waals surface area (Å²) >= 11 is 1.30. The smallest absolute Gasteiger partial charge is 0.223 e. The number of nitrogens with two attached hydrogens (primary N) is 1. The maximum absolute atomic E-state index is 11.6. The quantitative estimate of drug-likeness (QED) is 0.657. The molecule has 98 valence electrons. The van der Waals surface area contributed by atoms with E-state index in [-0.39, 0.29) is 11.0 Å². The van der Waals surface area contributed by atoms with E-state index in [1.165, 1.54) is 11.8 Å². The van der Waals surface area contributed by atoms with Crippen molar-refractivity contribution < 1.29 is 14.3 Å². The van der Waals surface area contributed by atoms with Crippen LogP contribution in [0.25, 0.3) is 0 Å². The van der Waals surface area contributed by atoms with Gasteiger partial charge in [0.05, 0.1) is 13.2 Å². The number of hydrogen-bond donors (Lipinski definition) is 1. The van der Waals surface area contributed by atoms with Crippen LogP contribution in [0.1, 0.15) is 13.3 Å². The summed E-state index contributed by atoms with van der Waals surface area (Å²) in [6, 6.07) is 0. The molecule has 0 aromatic carbocycles. The maximum atomic E-state index is 11.6. The summed E-state index contributed by atoms with van der Waals surface area (Å²) in [5, 5.41) is 0.113. The standard InChI is InChI=1S/C11H20N2O3S/c1-9(14)17-8-10-6-11(15)13(7-10)3-5-16-4-2-12/h10H,2-8,12H2,1H3. The highest BCUT2D eigenvalue weighted by Crippen LogP contribution is 2.21. The van der Waals surface area contributed by atoms with Crippen LogP contribution in [0.3, 0.4) is 0 Å². The molecule has 1 aliphatic heterocycles. The van der Waals surface area contributed by atoms with Crippen LogP contribution in [0, 0.1) is 5.92 Å². The fourth-order valence-corrected chi connectivity index (χ4v) is 2.47. The number of amides is 1. The molecule has 17 heavy (non-hydrogen) atoms. The van der Waals surface area contributed by atoms with Crippen molar-refractivity contribution in [3.05, 3.63) is 0 Å². The Hall–Kier alpha value is -0.590. The SMILES string of the molecule is CC(=O)SCC1CC(=O)N(CCOCCN)C1. The number of carbonyl (C=O) groups excluding carboxylic acids is 2. The van der Waals surface area contributed by atoms with E-state index >= 15 is 0 Å². The maximum Gasteiger partial charge on any atom is 0.223 e. The fraction of sp³-hybridized carbons (Fsp3) is 0.818. The highest BCUT2D eigenvalue weighted by molar-refractivity contribution is 8.13. The Balaban J connectivity index is 2.19. The Morgan fingerprint density at radius 1 is 1.59 bits per heavy atom. The molecule has 1 fully saturated rings. The molecule has 0 bridgehead atoms. The first-order valence-corrected chi connectivity index (χ1v) is 6.81. The molecule has 5 nitrogen and oxygen atoms in total. The van der Waals surface area contributed by atoms with Gasteiger partial charge >= 0.3 is 0 Å². The molecule has 1 amide bonds. The number of ether oxygens (including phenoxy) is 1. The van der Waals surface area contributed by atoms with E-state index in [9.17, 15) is 9.59 Å². The Bertz CT molecular complexity index is 273. The normalized spacial score (nSPS) is 20.0. The van der Waals surface area contributed by atoms with E-state index in [1.807, 2.05) is 4.90 Å². The van der Waals surface area contributed by atoms with Crippen LogP contribution in [-0.2, 0) is 14.3 Å². The van der Waals surface area contributed by atoms with Crippen molar-refractivity contribution in [1.29, 1.82) is 0 Å². The molecule has 0 spiro atoms. The average Bonchev–Trinajstić information content (AvgIpc) is 2.63. The van der Waals surface area contributed by atoms with Crippen molar-refractivity contribution in [2.24, 2.45) is 11.7 Å². The number of hydrogen-bond acceptors (Lipinski definition) is 5. The van der Waals surface area contributed by atoms with E-state index in [0.717, 1.165) is 12.3 Å². The minimum Gasteiger partial charge on any atom is -0.378 e. The Kier molecular flexibility index (Phi) is 6.54. The van der Waals surface area contributed by atoms with Crippen LogP contribution in [0.5, 0.6) is 0 Å². The molecule has 1 unspecified atom stereocenters. The first kappa shape index (κ1) is 14.5. The summed E-state index contributed by atoms with van der Waals surface area (Å²) in [6.07, 6.45) is 0.553. The minimum absolute atomic E-state index is 0.113. The fourth-order valence-electron chi connectivity index (χ4n) is 1.78. The van der Waals surface area contributed by atoms with Crippen molar-refractivity contribution in [1.82, 2.24) is 4.90 Å². The first-order chi connectivity index (χ1) is 8.13. The van der Waals surface area contributed by atoms with Crippen molar-refractivity contribution >= 4 is 22.8 Å². The van der Waals surface area contributed by atoms with Crippen molar-refractivity contribution in [3.8, 4) is 0 Å². The molecule has 1 aliphatic rings. The van der Waals surface area contributed by atoms with Gasteiger partial charge in [-0.3, -0.25) is 9.59 Å². The summed E-state index contributed by atoms with van der Waals surface area (Å²) in [5.41, 5.74) is 5.30. The zero-order chi connectivity index (χ0) is 12.7. The van der Waals surface area contributed by atoms with Crippen molar-refractivity contribution in [3.63, 3.8) is 0 Å². The van der Waals surface area contributed by atoms with E-state index in [0.29, 0.717) is 38.6 Å². The Labute approximate surface area is 106 Å². The van der Waals surface area contributed by atoms with Crippen LogP contribution in [0.15, 0.2) is 0 Å². The van der Waals surface area contributed by atoms with Gasteiger partial charge in [-0.15, -0.1) is 0 Å². The van der Waals surface area contributed by atoms with Gasteiger partial charge in [-0.2, -0.15) is 0 Å². The van der Waals surface area contributed by atoms with Crippen LogP contribution < -0.4 is 5.73 Å². The van der Waals surface area contributed by atoms with Gasteiger partial charge in [0, 0.05) is 38.7 Å². The summed E-state index contributed by atoms with van der Waals surface area (Å²) in [7, 11) is 0. The monoisotopic (exact) mass is 260 g/mol. The molecular weight excluding hydrogens is 240 g/mol. The van der Waals surface area contributed by atoms with Crippen LogP contribution >= 0.6 is 11.8 Å². The second-order valence-corrected chi connectivity index (χ2v) is 5.31. The van der Waals surface area contributed by atoms with Crippen LogP contribution in [0.4, 0.5) is 0 Å². The van der Waals surface area contributed by atoms with Gasteiger partial charge in [0.25, 0.3) is 0 Å². The lowest BCUT2D eigenvalue weighted by molar-refractivity contribution is -0.128. The predicted molar refractivity (Wildman–Crippen MR) is 67.7 cm³/mol. The van der Waals surface area contributed by atoms with Crippen molar-refractivity contribution in [2.75, 3.05) is 38.6 Å². The molecule has 1 heterocycles. The summed E-state index contributed by atoms with van der Waals surface area (Å²) in [6.45, 7) is 4.50. The minimum atomic E-state index is 0.113. The molecule has 0 aromatic rings. The molecule has 1 rings (SSSR count). The lowest BCUT2D eigenvalue weighted by Crippen LogP contribution is -2.29. The Morgan fingerprint density at radius 2 is 2.35 bits per heavy atom. The van der Waals surface area contributed by atoms with E-state index < -0.39 is 0 Å². The highest BCUT2D eigenvalue weighted by Gasteiger charge is 2.29. The third-order valence-electron chi connectivity index (χ3n) is 2.58. The van der Waals surface area contributed by atoms with Gasteiger partial charge in [0.2, 0.25) is 5.91 Å². The zero-order valence-corrected chi connectivity index (χ0v) is 11.0. The van der Waals surface area contributed by atoms with Crippen LogP contribution in [-0.4, -0.2) is 54.5 Å². The average molecular weight is 260 g/mol. The lowest BCUT2D eigenvalue weighted by atomic mass is 10.1. The number of carbonyl (C=O) groups is 2. The van der Waals surface area contributed by atoms with Gasteiger partial charge < -0.3 is 15.4 Å². The lowest BCUT2D eigenvalue weighted by Gasteiger charge is -2.16. The zero-order valence-electron chi connectivity index (χ0n) is 10.2. The predicted octanol–water partition coefficient (Wildman–Crippen LogP) is 0.0899. The van der Waals surface area contributed by atoms with Gasteiger partial charge in [0.15, 0.2) is 5.12 Å². The molecule has 0 saturated carbocycles.